The molecule has 29 heavy (non-hydrogen) atoms. The molecule has 0 radical (unpaired) electrons. The maximum absolute atomic E-state index is 13.7. The SMILES string of the molecule is C#CC1=c2c(cccc2=CC)C2=C(c3ccccc3)C(=O)C(c3ccccc3)=C21. The van der Waals surface area contributed by atoms with Crippen molar-refractivity contribution in [3.05, 3.63) is 112 Å². The lowest BCUT2D eigenvalue weighted by Gasteiger charge is -2.07. The number of allylic oxidation sites excluding steroid dienone is 4. The number of hydrogen-bond donors (Lipinski definition) is 0. The first-order chi connectivity index (χ1) is 14.3. The summed E-state index contributed by atoms with van der Waals surface area (Å²) in [5.74, 6) is 2.95. The van der Waals surface area contributed by atoms with Gasteiger partial charge in [-0.3, -0.25) is 4.79 Å². The lowest BCUT2D eigenvalue weighted by atomic mass is 9.94. The number of fused-ring (bicyclic) bond motifs is 3. The summed E-state index contributed by atoms with van der Waals surface area (Å²) in [4.78, 5) is 13.7. The highest BCUT2D eigenvalue weighted by Crippen LogP contribution is 2.49. The first-order valence-electron chi connectivity index (χ1n) is 9.67. The summed E-state index contributed by atoms with van der Waals surface area (Å²) in [6, 6.07) is 25.9. The summed E-state index contributed by atoms with van der Waals surface area (Å²) in [6.45, 7) is 2.02. The van der Waals surface area contributed by atoms with Crippen molar-refractivity contribution in [3.63, 3.8) is 0 Å². The number of benzene rings is 3. The average molecular weight is 370 g/mol. The van der Waals surface area contributed by atoms with Crippen LogP contribution in [-0.4, -0.2) is 5.78 Å². The number of hydrogen-bond acceptors (Lipinski definition) is 1. The quantitative estimate of drug-likeness (QED) is 0.617. The number of rotatable bonds is 2. The highest BCUT2D eigenvalue weighted by atomic mass is 16.1. The Hall–Kier alpha value is -3.89. The van der Waals surface area contributed by atoms with Crippen LogP contribution in [0.1, 0.15) is 23.6 Å². The number of carbonyl (C=O) groups excluding carboxylic acids is 1. The Balaban J connectivity index is 1.97. The molecule has 0 saturated heterocycles. The van der Waals surface area contributed by atoms with Crippen LogP contribution in [0.25, 0.3) is 28.4 Å². The van der Waals surface area contributed by atoms with Gasteiger partial charge in [0.1, 0.15) is 0 Å². The second kappa shape index (κ2) is 6.62. The summed E-state index contributed by atoms with van der Waals surface area (Å²) in [5, 5.41) is 2.15. The minimum absolute atomic E-state index is 0.0386. The number of terminal acetylenes is 1. The van der Waals surface area contributed by atoms with Crippen LogP contribution in [0.3, 0.4) is 0 Å². The fourth-order valence-corrected chi connectivity index (χ4v) is 4.45. The van der Waals surface area contributed by atoms with E-state index in [1.807, 2.05) is 73.7 Å². The number of carbonyl (C=O) groups is 1. The number of ketones is 1. The zero-order valence-electron chi connectivity index (χ0n) is 16.1. The Morgan fingerprint density at radius 1 is 0.724 bits per heavy atom. The van der Waals surface area contributed by atoms with Crippen LogP contribution in [0.2, 0.25) is 0 Å². The van der Waals surface area contributed by atoms with Crippen molar-refractivity contribution in [2.75, 3.05) is 0 Å². The summed E-state index contributed by atoms with van der Waals surface area (Å²) >= 11 is 0. The summed E-state index contributed by atoms with van der Waals surface area (Å²) in [6.07, 6.45) is 8.10. The van der Waals surface area contributed by atoms with Gasteiger partial charge in [-0.2, -0.15) is 0 Å². The van der Waals surface area contributed by atoms with Crippen molar-refractivity contribution in [2.45, 2.75) is 6.92 Å². The maximum atomic E-state index is 13.7. The second-order valence-electron chi connectivity index (χ2n) is 7.14. The van der Waals surface area contributed by atoms with Crippen LogP contribution < -0.4 is 10.4 Å². The van der Waals surface area contributed by atoms with E-state index < -0.39 is 0 Å². The van der Waals surface area contributed by atoms with Crippen molar-refractivity contribution < 1.29 is 4.79 Å². The molecule has 0 atom stereocenters. The second-order valence-corrected chi connectivity index (χ2v) is 7.14. The van der Waals surface area contributed by atoms with Gasteiger partial charge in [-0.15, -0.1) is 6.42 Å². The molecule has 0 amide bonds. The molecule has 1 heteroatoms. The molecule has 2 aliphatic rings. The van der Waals surface area contributed by atoms with Gasteiger partial charge in [-0.05, 0) is 28.8 Å². The molecule has 0 fully saturated rings. The summed E-state index contributed by atoms with van der Waals surface area (Å²) < 4.78 is 0. The van der Waals surface area contributed by atoms with Gasteiger partial charge in [0.05, 0.1) is 0 Å². The average Bonchev–Trinajstić information content (AvgIpc) is 3.25. The zero-order chi connectivity index (χ0) is 20.0. The van der Waals surface area contributed by atoms with E-state index in [1.54, 1.807) is 0 Å². The topological polar surface area (TPSA) is 17.1 Å². The maximum Gasteiger partial charge on any atom is 0.195 e. The van der Waals surface area contributed by atoms with Crippen molar-refractivity contribution in [3.8, 4) is 12.3 Å². The first-order valence-corrected chi connectivity index (χ1v) is 9.67. The Morgan fingerprint density at radius 2 is 1.31 bits per heavy atom. The van der Waals surface area contributed by atoms with E-state index in [4.69, 9.17) is 6.42 Å². The molecule has 0 heterocycles. The monoisotopic (exact) mass is 370 g/mol. The van der Waals surface area contributed by atoms with Crippen molar-refractivity contribution in [2.24, 2.45) is 0 Å². The van der Waals surface area contributed by atoms with E-state index in [9.17, 15) is 4.79 Å². The third-order valence-corrected chi connectivity index (χ3v) is 5.65. The molecule has 3 aromatic rings. The van der Waals surface area contributed by atoms with Gasteiger partial charge >= 0.3 is 0 Å². The highest BCUT2D eigenvalue weighted by molar-refractivity contribution is 6.55. The molecular formula is C28H18O. The van der Waals surface area contributed by atoms with Crippen LogP contribution >= 0.6 is 0 Å². The Morgan fingerprint density at radius 3 is 1.86 bits per heavy atom. The minimum atomic E-state index is 0.0386. The fourth-order valence-electron chi connectivity index (χ4n) is 4.45. The molecule has 136 valence electrons. The highest BCUT2D eigenvalue weighted by Gasteiger charge is 2.39. The zero-order valence-corrected chi connectivity index (χ0v) is 16.1. The normalized spacial score (nSPS) is 15.7. The Bertz CT molecular complexity index is 1390. The van der Waals surface area contributed by atoms with Crippen LogP contribution in [0.5, 0.6) is 0 Å². The van der Waals surface area contributed by atoms with Gasteiger partial charge in [0, 0.05) is 33.1 Å². The molecule has 2 aliphatic carbocycles. The van der Waals surface area contributed by atoms with E-state index in [0.717, 1.165) is 49.4 Å². The molecule has 0 bridgehead atoms. The predicted octanol–water partition coefficient (Wildman–Crippen LogP) is 4.23. The first kappa shape index (κ1) is 17.2. The van der Waals surface area contributed by atoms with Crippen LogP contribution in [0, 0.1) is 12.3 Å². The van der Waals surface area contributed by atoms with Crippen molar-refractivity contribution in [1.82, 2.24) is 0 Å². The van der Waals surface area contributed by atoms with Crippen molar-refractivity contribution >= 4 is 34.2 Å². The molecule has 0 N–H and O–H groups in total. The molecule has 0 saturated carbocycles. The van der Waals surface area contributed by atoms with E-state index >= 15 is 0 Å². The van der Waals surface area contributed by atoms with E-state index in [1.165, 1.54) is 0 Å². The van der Waals surface area contributed by atoms with Gasteiger partial charge in [0.25, 0.3) is 0 Å². The van der Waals surface area contributed by atoms with Gasteiger partial charge in [0.2, 0.25) is 0 Å². The summed E-state index contributed by atoms with van der Waals surface area (Å²) in [7, 11) is 0. The van der Waals surface area contributed by atoms with Gasteiger partial charge in [-0.25, -0.2) is 0 Å². The smallest absolute Gasteiger partial charge is 0.195 e. The lowest BCUT2D eigenvalue weighted by molar-refractivity contribution is -0.108. The molecular weight excluding hydrogens is 352 g/mol. The molecule has 0 unspecified atom stereocenters. The lowest BCUT2D eigenvalue weighted by Crippen LogP contribution is -2.27. The minimum Gasteiger partial charge on any atom is -0.289 e. The third-order valence-electron chi connectivity index (χ3n) is 5.65. The van der Waals surface area contributed by atoms with Crippen LogP contribution in [0.15, 0.2) is 84.4 Å². The third kappa shape index (κ3) is 2.40. The molecule has 1 nitrogen and oxygen atoms in total. The molecule has 0 aromatic heterocycles. The summed E-state index contributed by atoms with van der Waals surface area (Å²) in [5.41, 5.74) is 6.97. The van der Waals surface area contributed by atoms with Crippen LogP contribution in [-0.2, 0) is 4.79 Å². The van der Waals surface area contributed by atoms with E-state index in [-0.39, 0.29) is 5.78 Å². The van der Waals surface area contributed by atoms with E-state index in [0.29, 0.717) is 5.57 Å². The van der Waals surface area contributed by atoms with E-state index in [2.05, 4.69) is 24.1 Å². The Kier molecular flexibility index (Phi) is 3.93. The standard InChI is InChI=1S/C28H18O/c1-3-18-16-11-17-22-23(18)21(4-2)26-24(19-12-7-5-8-13-19)28(29)25(27(22)26)20-14-9-6-10-15-20/h2-3,5-17H,1H3. The fraction of sp³-hybridized carbons (Fsp3) is 0.0357. The number of Topliss-reactive ketones (excluding diaryl/α,β-unsaturated/α-hetero) is 1. The van der Waals surface area contributed by atoms with Gasteiger partial charge in [0.15, 0.2) is 5.78 Å². The van der Waals surface area contributed by atoms with Crippen LogP contribution in [0.4, 0.5) is 0 Å². The van der Waals surface area contributed by atoms with Gasteiger partial charge in [-0.1, -0.05) is 90.9 Å². The van der Waals surface area contributed by atoms with Crippen molar-refractivity contribution in [1.29, 1.82) is 0 Å². The largest absolute Gasteiger partial charge is 0.289 e. The Labute approximate surface area is 170 Å². The molecule has 0 aliphatic heterocycles. The predicted molar refractivity (Wildman–Crippen MR) is 120 cm³/mol. The molecule has 3 aromatic carbocycles. The molecule has 0 spiro atoms. The molecule has 5 rings (SSSR count). The van der Waals surface area contributed by atoms with Gasteiger partial charge < -0.3 is 0 Å².